The molecule has 1 aromatic rings. The largest absolute Gasteiger partial charge is 0.478 e. The fourth-order valence-corrected chi connectivity index (χ4v) is 1.82. The first-order valence-corrected chi connectivity index (χ1v) is 6.67. The molecular weight excluding hydrogens is 328 g/mol. The van der Waals surface area contributed by atoms with Gasteiger partial charge < -0.3 is 20.5 Å². The molecule has 0 saturated carbocycles. The zero-order valence-corrected chi connectivity index (χ0v) is 13.1. The number of benzene rings is 1. The standard InChI is InChI=1S/C13H17BrN2O4/c1-13(2,20-3)7-15-12(19)16-10-5-8(11(17)18)4-9(14)6-10/h4-6H,7H2,1-3H3,(H,17,18)(H2,15,16,19). The maximum atomic E-state index is 11.7. The van der Waals surface area contributed by atoms with Gasteiger partial charge in [0.1, 0.15) is 0 Å². The van der Waals surface area contributed by atoms with Crippen LogP contribution in [0.5, 0.6) is 0 Å². The Hall–Kier alpha value is -1.60. The molecule has 0 aliphatic carbocycles. The summed E-state index contributed by atoms with van der Waals surface area (Å²) in [4.78, 5) is 22.6. The summed E-state index contributed by atoms with van der Waals surface area (Å²) in [5, 5.41) is 14.2. The van der Waals surface area contributed by atoms with E-state index in [1.54, 1.807) is 13.2 Å². The summed E-state index contributed by atoms with van der Waals surface area (Å²) in [6, 6.07) is 4.03. The number of anilines is 1. The van der Waals surface area contributed by atoms with Crippen LogP contribution >= 0.6 is 15.9 Å². The summed E-state index contributed by atoms with van der Waals surface area (Å²) in [6.45, 7) is 4.01. The lowest BCUT2D eigenvalue weighted by atomic mass is 10.1. The van der Waals surface area contributed by atoms with Gasteiger partial charge in [-0.3, -0.25) is 0 Å². The van der Waals surface area contributed by atoms with Crippen molar-refractivity contribution in [2.45, 2.75) is 19.4 Å². The second kappa shape index (κ2) is 6.71. The number of carbonyl (C=O) groups excluding carboxylic acids is 1. The Labute approximate surface area is 125 Å². The monoisotopic (exact) mass is 344 g/mol. The van der Waals surface area contributed by atoms with E-state index in [0.29, 0.717) is 16.7 Å². The highest BCUT2D eigenvalue weighted by molar-refractivity contribution is 9.10. The molecule has 2 amide bonds. The fourth-order valence-electron chi connectivity index (χ4n) is 1.33. The van der Waals surface area contributed by atoms with Crippen LogP contribution in [0.1, 0.15) is 24.2 Å². The van der Waals surface area contributed by atoms with E-state index < -0.39 is 17.6 Å². The van der Waals surface area contributed by atoms with E-state index in [1.165, 1.54) is 12.1 Å². The van der Waals surface area contributed by atoms with Gasteiger partial charge in [0.2, 0.25) is 0 Å². The summed E-state index contributed by atoms with van der Waals surface area (Å²) in [6.07, 6.45) is 0. The average molecular weight is 345 g/mol. The number of urea groups is 1. The number of carboxylic acids is 1. The van der Waals surface area contributed by atoms with Gasteiger partial charge >= 0.3 is 12.0 Å². The highest BCUT2D eigenvalue weighted by atomic mass is 79.9. The van der Waals surface area contributed by atoms with Crippen LogP contribution in [0.3, 0.4) is 0 Å². The van der Waals surface area contributed by atoms with Gasteiger partial charge in [-0.05, 0) is 32.0 Å². The molecule has 0 radical (unpaired) electrons. The third-order valence-corrected chi connectivity index (χ3v) is 3.09. The van der Waals surface area contributed by atoms with Gasteiger partial charge in [-0.2, -0.15) is 0 Å². The quantitative estimate of drug-likeness (QED) is 0.766. The SMILES string of the molecule is COC(C)(C)CNC(=O)Nc1cc(Br)cc(C(=O)O)c1. The molecule has 0 fully saturated rings. The summed E-state index contributed by atoms with van der Waals surface area (Å²) in [5.74, 6) is -1.06. The lowest BCUT2D eigenvalue weighted by molar-refractivity contribution is 0.0257. The summed E-state index contributed by atoms with van der Waals surface area (Å²) >= 11 is 3.20. The van der Waals surface area contributed by atoms with E-state index in [0.717, 1.165) is 0 Å². The van der Waals surface area contributed by atoms with E-state index in [2.05, 4.69) is 26.6 Å². The van der Waals surface area contributed by atoms with Gasteiger partial charge in [0.15, 0.2) is 0 Å². The van der Waals surface area contributed by atoms with Crippen molar-refractivity contribution in [2.24, 2.45) is 0 Å². The number of ether oxygens (including phenoxy) is 1. The number of halogens is 1. The highest BCUT2D eigenvalue weighted by Gasteiger charge is 2.17. The zero-order valence-electron chi connectivity index (χ0n) is 11.5. The molecule has 0 aliphatic heterocycles. The first-order valence-electron chi connectivity index (χ1n) is 5.87. The van der Waals surface area contributed by atoms with Crippen LogP contribution in [0.25, 0.3) is 0 Å². The van der Waals surface area contributed by atoms with Crippen molar-refractivity contribution < 1.29 is 19.4 Å². The topological polar surface area (TPSA) is 87.7 Å². The van der Waals surface area contributed by atoms with Crippen LogP contribution in [-0.2, 0) is 4.74 Å². The molecule has 0 spiro atoms. The Morgan fingerprint density at radius 3 is 2.55 bits per heavy atom. The molecule has 1 aromatic carbocycles. The average Bonchev–Trinajstić information content (AvgIpc) is 2.36. The van der Waals surface area contributed by atoms with E-state index in [4.69, 9.17) is 9.84 Å². The minimum absolute atomic E-state index is 0.0897. The maximum Gasteiger partial charge on any atom is 0.335 e. The van der Waals surface area contributed by atoms with Crippen molar-refractivity contribution in [1.82, 2.24) is 5.32 Å². The normalized spacial score (nSPS) is 11.0. The molecule has 110 valence electrons. The Morgan fingerprint density at radius 2 is 2.00 bits per heavy atom. The van der Waals surface area contributed by atoms with Gasteiger partial charge in [-0.15, -0.1) is 0 Å². The molecule has 20 heavy (non-hydrogen) atoms. The third-order valence-electron chi connectivity index (χ3n) is 2.63. The van der Waals surface area contributed by atoms with E-state index >= 15 is 0 Å². The summed E-state index contributed by atoms with van der Waals surface area (Å²) < 4.78 is 5.75. The van der Waals surface area contributed by atoms with Gasteiger partial charge in [0.05, 0.1) is 11.2 Å². The number of hydrogen-bond donors (Lipinski definition) is 3. The van der Waals surface area contributed by atoms with Crippen molar-refractivity contribution in [3.63, 3.8) is 0 Å². The van der Waals surface area contributed by atoms with Crippen LogP contribution in [-0.4, -0.2) is 36.4 Å². The highest BCUT2D eigenvalue weighted by Crippen LogP contribution is 2.19. The van der Waals surface area contributed by atoms with Crippen LogP contribution in [0.4, 0.5) is 10.5 Å². The molecule has 0 saturated heterocycles. The number of methoxy groups -OCH3 is 1. The Balaban J connectivity index is 2.69. The number of nitrogens with one attached hydrogen (secondary N) is 2. The Kier molecular flexibility index (Phi) is 5.52. The molecule has 0 aromatic heterocycles. The van der Waals surface area contributed by atoms with Crippen molar-refractivity contribution in [1.29, 1.82) is 0 Å². The number of carbonyl (C=O) groups is 2. The summed E-state index contributed by atoms with van der Waals surface area (Å²) in [5.41, 5.74) is 0.0114. The van der Waals surface area contributed by atoms with E-state index in [9.17, 15) is 9.59 Å². The summed E-state index contributed by atoms with van der Waals surface area (Å²) in [7, 11) is 1.56. The van der Waals surface area contributed by atoms with Gasteiger partial charge in [-0.25, -0.2) is 9.59 Å². The molecule has 1 rings (SSSR count). The Morgan fingerprint density at radius 1 is 1.35 bits per heavy atom. The van der Waals surface area contributed by atoms with Crippen molar-refractivity contribution in [3.8, 4) is 0 Å². The van der Waals surface area contributed by atoms with Gasteiger partial charge in [0.25, 0.3) is 0 Å². The first kappa shape index (κ1) is 16.5. The van der Waals surface area contributed by atoms with Gasteiger partial charge in [-0.1, -0.05) is 15.9 Å². The lowest BCUT2D eigenvalue weighted by Gasteiger charge is -2.23. The fraction of sp³-hybridized carbons (Fsp3) is 0.385. The van der Waals surface area contributed by atoms with Crippen molar-refractivity contribution in [3.05, 3.63) is 28.2 Å². The lowest BCUT2D eigenvalue weighted by Crippen LogP contribution is -2.41. The van der Waals surface area contributed by atoms with Crippen molar-refractivity contribution in [2.75, 3.05) is 19.0 Å². The Bertz CT molecular complexity index is 517. The molecule has 0 unspecified atom stereocenters. The van der Waals surface area contributed by atoms with Gasteiger partial charge in [0, 0.05) is 23.8 Å². The van der Waals surface area contributed by atoms with Crippen LogP contribution in [0, 0.1) is 0 Å². The number of amides is 2. The first-order chi connectivity index (χ1) is 9.23. The smallest absolute Gasteiger partial charge is 0.335 e. The van der Waals surface area contributed by atoms with Crippen LogP contribution < -0.4 is 10.6 Å². The minimum Gasteiger partial charge on any atom is -0.478 e. The second-order valence-corrected chi connectivity index (χ2v) is 5.72. The van der Waals surface area contributed by atoms with E-state index in [1.807, 2.05) is 13.8 Å². The molecule has 0 heterocycles. The molecule has 0 bridgehead atoms. The maximum absolute atomic E-state index is 11.7. The van der Waals surface area contributed by atoms with E-state index in [-0.39, 0.29) is 5.56 Å². The number of hydrogen-bond acceptors (Lipinski definition) is 3. The predicted octanol–water partition coefficient (Wildman–Crippen LogP) is 2.69. The molecular formula is C13H17BrN2O4. The molecule has 0 aliphatic rings. The number of aromatic carboxylic acids is 1. The number of carboxylic acid groups (broad SMARTS) is 1. The molecule has 3 N–H and O–H groups in total. The molecule has 0 atom stereocenters. The van der Waals surface area contributed by atoms with Crippen molar-refractivity contribution >= 4 is 33.6 Å². The predicted molar refractivity (Wildman–Crippen MR) is 79.2 cm³/mol. The molecule has 7 heteroatoms. The third kappa shape index (κ3) is 5.18. The number of rotatable bonds is 5. The second-order valence-electron chi connectivity index (χ2n) is 4.81. The zero-order chi connectivity index (χ0) is 15.3. The minimum atomic E-state index is -1.06. The van der Waals surface area contributed by atoms with Crippen LogP contribution in [0.15, 0.2) is 22.7 Å². The molecule has 6 nitrogen and oxygen atoms in total. The van der Waals surface area contributed by atoms with Crippen LogP contribution in [0.2, 0.25) is 0 Å².